The molecule has 3 N–H and O–H groups in total. The van der Waals surface area contributed by atoms with Gasteiger partial charge in [-0.15, -0.1) is 0 Å². The monoisotopic (exact) mass is 242 g/mol. The molecule has 6 heteroatoms. The highest BCUT2D eigenvalue weighted by atomic mass is 16.4. The molecule has 0 spiro atoms. The van der Waals surface area contributed by atoms with E-state index in [9.17, 15) is 14.4 Å². The van der Waals surface area contributed by atoms with Crippen molar-refractivity contribution in [1.29, 1.82) is 0 Å². The molecule has 2 atom stereocenters. The van der Waals surface area contributed by atoms with Crippen molar-refractivity contribution >= 4 is 17.8 Å². The van der Waals surface area contributed by atoms with Crippen LogP contribution < -0.4 is 5.73 Å². The Kier molecular flexibility index (Phi) is 4.09. The molecule has 0 aromatic rings. The Morgan fingerprint density at radius 1 is 1.35 bits per heavy atom. The van der Waals surface area contributed by atoms with Gasteiger partial charge in [0.2, 0.25) is 11.8 Å². The predicted molar refractivity (Wildman–Crippen MR) is 59.8 cm³/mol. The van der Waals surface area contributed by atoms with Crippen molar-refractivity contribution < 1.29 is 19.5 Å². The lowest BCUT2D eigenvalue weighted by atomic mass is 10.2. The summed E-state index contributed by atoms with van der Waals surface area (Å²) in [6.07, 6.45) is 0.363. The van der Waals surface area contributed by atoms with Gasteiger partial charge in [0.25, 0.3) is 0 Å². The van der Waals surface area contributed by atoms with Gasteiger partial charge in [-0.25, -0.2) is 0 Å². The highest BCUT2D eigenvalue weighted by Gasteiger charge is 2.49. The number of amides is 2. The highest BCUT2D eigenvalue weighted by Crippen LogP contribution is 2.40. The molecule has 17 heavy (non-hydrogen) atoms. The third-order valence-electron chi connectivity index (χ3n) is 2.67. The van der Waals surface area contributed by atoms with E-state index in [-0.39, 0.29) is 18.4 Å². The molecule has 96 valence electrons. The molecule has 6 nitrogen and oxygen atoms in total. The molecular weight excluding hydrogens is 224 g/mol. The summed E-state index contributed by atoms with van der Waals surface area (Å²) in [5, 5.41) is 8.76. The minimum absolute atomic E-state index is 0.139. The van der Waals surface area contributed by atoms with Gasteiger partial charge in [-0.1, -0.05) is 13.8 Å². The normalized spacial score (nSPS) is 22.3. The van der Waals surface area contributed by atoms with Crippen LogP contribution in [0.15, 0.2) is 0 Å². The van der Waals surface area contributed by atoms with Gasteiger partial charge in [-0.05, 0) is 12.3 Å². The number of primary amides is 1. The molecule has 0 aliphatic heterocycles. The van der Waals surface area contributed by atoms with Crippen molar-refractivity contribution in [2.24, 2.45) is 23.5 Å². The molecule has 0 radical (unpaired) electrons. The van der Waals surface area contributed by atoms with E-state index in [1.54, 1.807) is 0 Å². The lowest BCUT2D eigenvalue weighted by Crippen LogP contribution is -2.41. The second kappa shape index (κ2) is 5.16. The Morgan fingerprint density at radius 3 is 2.29 bits per heavy atom. The van der Waals surface area contributed by atoms with E-state index >= 15 is 0 Å². The number of rotatable bonds is 6. The van der Waals surface area contributed by atoms with Gasteiger partial charge < -0.3 is 15.7 Å². The minimum atomic E-state index is -0.952. The zero-order valence-electron chi connectivity index (χ0n) is 10.0. The maximum atomic E-state index is 11.9. The van der Waals surface area contributed by atoms with Crippen molar-refractivity contribution in [2.45, 2.75) is 20.3 Å². The number of hydrogen-bond acceptors (Lipinski definition) is 3. The van der Waals surface area contributed by atoms with Crippen molar-refractivity contribution in [3.05, 3.63) is 0 Å². The first-order chi connectivity index (χ1) is 7.82. The van der Waals surface area contributed by atoms with Crippen LogP contribution in [0.1, 0.15) is 20.3 Å². The van der Waals surface area contributed by atoms with Gasteiger partial charge in [0.1, 0.15) is 0 Å². The Bertz CT molecular complexity index is 340. The van der Waals surface area contributed by atoms with Crippen LogP contribution in [0.3, 0.4) is 0 Å². The van der Waals surface area contributed by atoms with Crippen LogP contribution in [-0.2, 0) is 14.4 Å². The summed E-state index contributed by atoms with van der Waals surface area (Å²) in [6.45, 7) is 4.12. The number of carboxylic acid groups (broad SMARTS) is 1. The Morgan fingerprint density at radius 2 is 1.94 bits per heavy atom. The maximum Gasteiger partial charge on any atom is 0.307 e. The van der Waals surface area contributed by atoms with Crippen LogP contribution in [-0.4, -0.2) is 40.9 Å². The first-order valence-corrected chi connectivity index (χ1v) is 5.62. The van der Waals surface area contributed by atoms with E-state index in [2.05, 4.69) is 0 Å². The number of carbonyl (C=O) groups excluding carboxylic acids is 2. The summed E-state index contributed by atoms with van der Waals surface area (Å²) in [6, 6.07) is 0. The summed E-state index contributed by atoms with van der Waals surface area (Å²) >= 11 is 0. The molecule has 1 aliphatic carbocycles. The number of carbonyl (C=O) groups is 3. The molecule has 2 amide bonds. The van der Waals surface area contributed by atoms with E-state index in [1.807, 2.05) is 13.8 Å². The van der Waals surface area contributed by atoms with Crippen molar-refractivity contribution in [2.75, 3.05) is 13.1 Å². The Hall–Kier alpha value is -1.59. The summed E-state index contributed by atoms with van der Waals surface area (Å²) < 4.78 is 0. The summed E-state index contributed by atoms with van der Waals surface area (Å²) in [7, 11) is 0. The molecule has 0 saturated heterocycles. The minimum Gasteiger partial charge on any atom is -0.481 e. The highest BCUT2D eigenvalue weighted by molar-refractivity contribution is 5.91. The van der Waals surface area contributed by atoms with Gasteiger partial charge in [0, 0.05) is 6.54 Å². The number of aliphatic carboxylic acids is 1. The van der Waals surface area contributed by atoms with Crippen LogP contribution in [0.25, 0.3) is 0 Å². The lowest BCUT2D eigenvalue weighted by molar-refractivity contribution is -0.142. The maximum absolute atomic E-state index is 11.9. The smallest absolute Gasteiger partial charge is 0.307 e. The van der Waals surface area contributed by atoms with E-state index in [0.717, 1.165) is 0 Å². The number of carboxylic acids is 1. The average molecular weight is 242 g/mol. The molecule has 0 aromatic heterocycles. The summed E-state index contributed by atoms with van der Waals surface area (Å²) in [5.74, 6) is -2.67. The molecule has 0 heterocycles. The van der Waals surface area contributed by atoms with E-state index in [1.165, 1.54) is 4.90 Å². The van der Waals surface area contributed by atoms with Crippen LogP contribution in [0.2, 0.25) is 0 Å². The molecule has 0 unspecified atom stereocenters. The van der Waals surface area contributed by atoms with Crippen molar-refractivity contribution in [3.8, 4) is 0 Å². The molecule has 1 aliphatic rings. The standard InChI is InChI=1S/C11H18N2O4/c1-6(2)4-13(5-9(12)14)10(15)7-3-8(7)11(16)17/h6-8H,3-5H2,1-2H3,(H2,12,14)(H,16,17)/t7-,8-/m1/s1. The third kappa shape index (κ3) is 3.72. The largest absolute Gasteiger partial charge is 0.481 e. The van der Waals surface area contributed by atoms with Gasteiger partial charge in [0.15, 0.2) is 0 Å². The number of hydrogen-bond donors (Lipinski definition) is 2. The zero-order chi connectivity index (χ0) is 13.2. The van der Waals surface area contributed by atoms with Gasteiger partial charge in [0.05, 0.1) is 18.4 Å². The van der Waals surface area contributed by atoms with Gasteiger partial charge >= 0.3 is 5.97 Å². The molecule has 1 fully saturated rings. The Labute approximate surface area is 99.8 Å². The average Bonchev–Trinajstić information content (AvgIpc) is 2.93. The lowest BCUT2D eigenvalue weighted by Gasteiger charge is -2.23. The van der Waals surface area contributed by atoms with Crippen molar-refractivity contribution in [3.63, 3.8) is 0 Å². The number of nitrogens with zero attached hydrogens (tertiary/aromatic N) is 1. The summed E-state index contributed by atoms with van der Waals surface area (Å²) in [4.78, 5) is 34.9. The van der Waals surface area contributed by atoms with Crippen molar-refractivity contribution in [1.82, 2.24) is 4.90 Å². The SMILES string of the molecule is CC(C)CN(CC(N)=O)C(=O)[C@@H]1C[C@H]1C(=O)O. The molecule has 0 bridgehead atoms. The molecule has 1 rings (SSSR count). The van der Waals surface area contributed by atoms with Crippen LogP contribution in [0, 0.1) is 17.8 Å². The number of nitrogens with two attached hydrogens (primary N) is 1. The first kappa shape index (κ1) is 13.5. The predicted octanol–water partition coefficient (Wildman–Crippen LogP) is -0.323. The zero-order valence-corrected chi connectivity index (χ0v) is 10.0. The second-order valence-corrected chi connectivity index (χ2v) is 4.87. The van der Waals surface area contributed by atoms with Crippen LogP contribution >= 0.6 is 0 Å². The third-order valence-corrected chi connectivity index (χ3v) is 2.67. The fourth-order valence-corrected chi connectivity index (χ4v) is 1.84. The second-order valence-electron chi connectivity index (χ2n) is 4.87. The molecule has 1 saturated carbocycles. The fraction of sp³-hybridized carbons (Fsp3) is 0.727. The Balaban J connectivity index is 2.61. The molecule has 0 aromatic carbocycles. The van der Waals surface area contributed by atoms with Crippen LogP contribution in [0.5, 0.6) is 0 Å². The van der Waals surface area contributed by atoms with Gasteiger partial charge in [-0.2, -0.15) is 0 Å². The van der Waals surface area contributed by atoms with E-state index in [4.69, 9.17) is 10.8 Å². The topological polar surface area (TPSA) is 101 Å². The quantitative estimate of drug-likeness (QED) is 0.666. The first-order valence-electron chi connectivity index (χ1n) is 5.62. The fourth-order valence-electron chi connectivity index (χ4n) is 1.84. The van der Waals surface area contributed by atoms with Crippen LogP contribution in [0.4, 0.5) is 0 Å². The molecular formula is C11H18N2O4. The van der Waals surface area contributed by atoms with E-state index in [0.29, 0.717) is 13.0 Å². The van der Waals surface area contributed by atoms with Gasteiger partial charge in [-0.3, -0.25) is 14.4 Å². The van der Waals surface area contributed by atoms with E-state index < -0.39 is 23.7 Å². The summed E-state index contributed by atoms with van der Waals surface area (Å²) in [5.41, 5.74) is 5.07.